The van der Waals surface area contributed by atoms with E-state index in [4.69, 9.17) is 5.73 Å². The third-order valence-electron chi connectivity index (χ3n) is 4.26. The molecule has 1 saturated heterocycles. The van der Waals surface area contributed by atoms with Crippen molar-refractivity contribution in [2.45, 2.75) is 12.8 Å². The molecule has 6 nitrogen and oxygen atoms in total. The molecule has 1 aromatic carbocycles. The molecular formula is C17H20N4O2. The molecule has 1 atom stereocenters. The molecule has 3 rings (SSSR count). The molecule has 0 unspecified atom stereocenters. The molecule has 3 amide bonds. The fourth-order valence-corrected chi connectivity index (χ4v) is 2.96. The van der Waals surface area contributed by atoms with Crippen LogP contribution in [0.1, 0.15) is 12.0 Å². The number of nitrogens with one attached hydrogen (secondary N) is 1. The van der Waals surface area contributed by atoms with Gasteiger partial charge in [-0.1, -0.05) is 24.3 Å². The summed E-state index contributed by atoms with van der Waals surface area (Å²) in [6, 6.07) is 9.86. The largest absolute Gasteiger partial charge is 0.369 e. The van der Waals surface area contributed by atoms with E-state index in [9.17, 15) is 9.59 Å². The van der Waals surface area contributed by atoms with Crippen molar-refractivity contribution in [2.24, 2.45) is 11.7 Å². The first-order chi connectivity index (χ1) is 11.1. The number of amides is 3. The van der Waals surface area contributed by atoms with Crippen LogP contribution in [0.15, 0.2) is 36.5 Å². The van der Waals surface area contributed by atoms with Crippen molar-refractivity contribution in [2.75, 3.05) is 19.6 Å². The molecular weight excluding hydrogens is 292 g/mol. The molecule has 0 saturated carbocycles. The highest BCUT2D eigenvalue weighted by Gasteiger charge is 2.29. The quantitative estimate of drug-likeness (QED) is 0.891. The van der Waals surface area contributed by atoms with Gasteiger partial charge in [-0.25, -0.2) is 4.79 Å². The average Bonchev–Trinajstić information content (AvgIpc) is 3.05. The first-order valence-electron chi connectivity index (χ1n) is 7.80. The maximum absolute atomic E-state index is 12.1. The number of benzene rings is 1. The summed E-state index contributed by atoms with van der Waals surface area (Å²) in [5.74, 6) is -0.551. The maximum Gasteiger partial charge on any atom is 0.317 e. The van der Waals surface area contributed by atoms with E-state index in [0.29, 0.717) is 32.5 Å². The van der Waals surface area contributed by atoms with Crippen LogP contribution in [0.5, 0.6) is 0 Å². The SMILES string of the molecule is NC(=O)[C@@H]1CCN(C(=O)NCCc2cccc3cccnc23)C1. The number of aromatic nitrogens is 1. The molecule has 0 bridgehead atoms. The standard InChI is InChI=1S/C17H20N4O2/c18-16(22)14-7-10-21(11-14)17(23)20-9-6-13-4-1-3-12-5-2-8-19-15(12)13/h1-5,8,14H,6-7,9-11H2,(H2,18,22)(H,20,23)/t14-/m1/s1. The number of urea groups is 1. The van der Waals surface area contributed by atoms with Crippen LogP contribution >= 0.6 is 0 Å². The van der Waals surface area contributed by atoms with E-state index in [2.05, 4.69) is 10.3 Å². The minimum absolute atomic E-state index is 0.137. The number of nitrogens with zero attached hydrogens (tertiary/aromatic N) is 2. The van der Waals surface area contributed by atoms with Gasteiger partial charge in [-0.2, -0.15) is 0 Å². The summed E-state index contributed by atoms with van der Waals surface area (Å²) in [6.07, 6.45) is 3.14. The van der Waals surface area contributed by atoms with Crippen molar-refractivity contribution in [3.63, 3.8) is 0 Å². The fourth-order valence-electron chi connectivity index (χ4n) is 2.96. The zero-order valence-electron chi connectivity index (χ0n) is 12.9. The van der Waals surface area contributed by atoms with Crippen LogP contribution in [0.4, 0.5) is 4.79 Å². The fraction of sp³-hybridized carbons (Fsp3) is 0.353. The summed E-state index contributed by atoms with van der Waals surface area (Å²) >= 11 is 0. The van der Waals surface area contributed by atoms with Gasteiger partial charge in [0, 0.05) is 31.2 Å². The van der Waals surface area contributed by atoms with E-state index in [0.717, 1.165) is 16.5 Å². The van der Waals surface area contributed by atoms with Gasteiger partial charge < -0.3 is 16.0 Å². The Kier molecular flexibility index (Phi) is 4.41. The predicted molar refractivity (Wildman–Crippen MR) is 87.7 cm³/mol. The molecule has 2 aromatic rings. The van der Waals surface area contributed by atoms with Crippen LogP contribution in [0.2, 0.25) is 0 Å². The van der Waals surface area contributed by atoms with E-state index < -0.39 is 0 Å². The number of carbonyl (C=O) groups is 2. The normalized spacial score (nSPS) is 17.4. The van der Waals surface area contributed by atoms with E-state index in [1.165, 1.54) is 0 Å². The molecule has 6 heteroatoms. The molecule has 0 radical (unpaired) electrons. The third kappa shape index (κ3) is 3.41. The number of nitrogens with two attached hydrogens (primary N) is 1. The van der Waals surface area contributed by atoms with Crippen molar-refractivity contribution in [1.82, 2.24) is 15.2 Å². The lowest BCUT2D eigenvalue weighted by atomic mass is 10.1. The van der Waals surface area contributed by atoms with Crippen LogP contribution in [0.25, 0.3) is 10.9 Å². The average molecular weight is 312 g/mol. The molecule has 0 spiro atoms. The highest BCUT2D eigenvalue weighted by atomic mass is 16.2. The smallest absolute Gasteiger partial charge is 0.317 e. The van der Waals surface area contributed by atoms with Crippen LogP contribution in [-0.2, 0) is 11.2 Å². The molecule has 2 heterocycles. The molecule has 1 fully saturated rings. The second kappa shape index (κ2) is 6.64. The number of likely N-dealkylation sites (tertiary alicyclic amines) is 1. The Hall–Kier alpha value is -2.63. The Morgan fingerprint density at radius 3 is 2.91 bits per heavy atom. The van der Waals surface area contributed by atoms with Crippen molar-refractivity contribution in [3.05, 3.63) is 42.1 Å². The maximum atomic E-state index is 12.1. The van der Waals surface area contributed by atoms with E-state index in [1.54, 1.807) is 11.1 Å². The Morgan fingerprint density at radius 2 is 2.13 bits per heavy atom. The number of hydrogen-bond donors (Lipinski definition) is 2. The molecule has 3 N–H and O–H groups in total. The summed E-state index contributed by atoms with van der Waals surface area (Å²) < 4.78 is 0. The Bertz CT molecular complexity index is 726. The Morgan fingerprint density at radius 1 is 1.30 bits per heavy atom. The molecule has 1 aromatic heterocycles. The van der Waals surface area contributed by atoms with Crippen LogP contribution < -0.4 is 11.1 Å². The number of fused-ring (bicyclic) bond motifs is 1. The topological polar surface area (TPSA) is 88.3 Å². The molecule has 23 heavy (non-hydrogen) atoms. The lowest BCUT2D eigenvalue weighted by Gasteiger charge is -2.17. The van der Waals surface area contributed by atoms with Gasteiger partial charge in [-0.05, 0) is 24.5 Å². The number of hydrogen-bond acceptors (Lipinski definition) is 3. The van der Waals surface area contributed by atoms with Crippen molar-refractivity contribution in [1.29, 1.82) is 0 Å². The van der Waals surface area contributed by atoms with Gasteiger partial charge in [0.25, 0.3) is 0 Å². The minimum Gasteiger partial charge on any atom is -0.369 e. The number of para-hydroxylation sites is 1. The Labute approximate surface area is 134 Å². The minimum atomic E-state index is -0.331. The molecule has 1 aliphatic rings. The van der Waals surface area contributed by atoms with Crippen LogP contribution in [-0.4, -0.2) is 41.5 Å². The zero-order valence-corrected chi connectivity index (χ0v) is 12.9. The van der Waals surface area contributed by atoms with Crippen LogP contribution in [0.3, 0.4) is 0 Å². The van der Waals surface area contributed by atoms with Crippen molar-refractivity contribution < 1.29 is 9.59 Å². The van der Waals surface area contributed by atoms with Gasteiger partial charge in [0.05, 0.1) is 11.4 Å². The summed E-state index contributed by atoms with van der Waals surface area (Å²) in [4.78, 5) is 29.3. The highest BCUT2D eigenvalue weighted by molar-refractivity contribution is 5.82. The second-order valence-electron chi connectivity index (χ2n) is 5.81. The third-order valence-corrected chi connectivity index (χ3v) is 4.26. The van der Waals surface area contributed by atoms with Gasteiger partial charge in [0.1, 0.15) is 0 Å². The molecule has 120 valence electrons. The van der Waals surface area contributed by atoms with Gasteiger partial charge >= 0.3 is 6.03 Å². The molecule has 0 aliphatic carbocycles. The predicted octanol–water partition coefficient (Wildman–Crippen LogP) is 1.29. The summed E-state index contributed by atoms with van der Waals surface area (Å²) in [7, 11) is 0. The van der Waals surface area contributed by atoms with Gasteiger partial charge in [-0.3, -0.25) is 9.78 Å². The summed E-state index contributed by atoms with van der Waals surface area (Å²) in [5.41, 5.74) is 7.37. The highest BCUT2D eigenvalue weighted by Crippen LogP contribution is 2.17. The number of rotatable bonds is 4. The Balaban J connectivity index is 1.55. The van der Waals surface area contributed by atoms with E-state index >= 15 is 0 Å². The second-order valence-corrected chi connectivity index (χ2v) is 5.81. The monoisotopic (exact) mass is 312 g/mol. The first kappa shape index (κ1) is 15.3. The van der Waals surface area contributed by atoms with Crippen molar-refractivity contribution >= 4 is 22.8 Å². The first-order valence-corrected chi connectivity index (χ1v) is 7.80. The van der Waals surface area contributed by atoms with Gasteiger partial charge in [0.15, 0.2) is 0 Å². The van der Waals surface area contributed by atoms with Crippen LogP contribution in [0, 0.1) is 5.92 Å². The summed E-state index contributed by atoms with van der Waals surface area (Å²) in [5, 5.41) is 4.00. The summed E-state index contributed by atoms with van der Waals surface area (Å²) in [6.45, 7) is 1.53. The zero-order chi connectivity index (χ0) is 16.2. The number of carbonyl (C=O) groups excluding carboxylic acids is 2. The van der Waals surface area contributed by atoms with Crippen molar-refractivity contribution in [3.8, 4) is 0 Å². The van der Waals surface area contributed by atoms with E-state index in [-0.39, 0.29) is 17.9 Å². The lowest BCUT2D eigenvalue weighted by Crippen LogP contribution is -2.40. The number of pyridine rings is 1. The lowest BCUT2D eigenvalue weighted by molar-refractivity contribution is -0.121. The van der Waals surface area contributed by atoms with Gasteiger partial charge in [0.2, 0.25) is 5.91 Å². The van der Waals surface area contributed by atoms with E-state index in [1.807, 2.05) is 30.3 Å². The number of primary amides is 1. The molecule has 1 aliphatic heterocycles. The van der Waals surface area contributed by atoms with Gasteiger partial charge in [-0.15, -0.1) is 0 Å².